The minimum absolute atomic E-state index is 0.290. The molecule has 3 heterocycles. The van der Waals surface area contributed by atoms with Gasteiger partial charge < -0.3 is 16.0 Å². The van der Waals surface area contributed by atoms with Gasteiger partial charge in [-0.2, -0.15) is 4.98 Å². The first-order valence-electron chi connectivity index (χ1n) is 11.8. The maximum atomic E-state index is 13.1. The molecule has 1 atom stereocenters. The molecular weight excluding hydrogens is 495 g/mol. The molecule has 4 aromatic rings. The highest BCUT2D eigenvalue weighted by Gasteiger charge is 2.23. The summed E-state index contributed by atoms with van der Waals surface area (Å²) in [5.41, 5.74) is 1.53. The predicted molar refractivity (Wildman–Crippen MR) is 144 cm³/mol. The van der Waals surface area contributed by atoms with E-state index >= 15 is 0 Å². The topological polar surface area (TPSA) is 82.2 Å². The van der Waals surface area contributed by atoms with Crippen molar-refractivity contribution in [3.05, 3.63) is 89.0 Å². The molecule has 7 nitrogen and oxygen atoms in total. The number of nitrogens with zero attached hydrogens (tertiary/aromatic N) is 3. The van der Waals surface area contributed by atoms with Crippen molar-refractivity contribution in [3.8, 4) is 0 Å². The first-order valence-corrected chi connectivity index (χ1v) is 13.8. The van der Waals surface area contributed by atoms with Crippen LogP contribution in [0.15, 0.2) is 83.2 Å². The summed E-state index contributed by atoms with van der Waals surface area (Å²) in [6.45, 7) is 2.50. The highest BCUT2D eigenvalue weighted by molar-refractivity contribution is 7.82. The van der Waals surface area contributed by atoms with Crippen LogP contribution in [-0.4, -0.2) is 37.6 Å². The Hall–Kier alpha value is -3.18. The smallest absolute Gasteiger partial charge is 0.229 e. The molecule has 5 rings (SSSR count). The number of nitrogens with one attached hydrogen (secondary N) is 3. The monoisotopic (exact) mass is 522 g/mol. The number of piperidine rings is 1. The van der Waals surface area contributed by atoms with Gasteiger partial charge in [0.2, 0.25) is 5.95 Å². The molecule has 10 heteroatoms. The third-order valence-electron chi connectivity index (χ3n) is 5.92. The molecule has 1 saturated heterocycles. The molecule has 0 spiro atoms. The minimum Gasteiger partial charge on any atom is -0.340 e. The Balaban J connectivity index is 1.13. The van der Waals surface area contributed by atoms with Crippen molar-refractivity contribution in [2.45, 2.75) is 30.3 Å². The van der Waals surface area contributed by atoms with E-state index in [9.17, 15) is 8.60 Å². The largest absolute Gasteiger partial charge is 0.340 e. The Labute approximate surface area is 216 Å². The molecule has 1 unspecified atom stereocenters. The summed E-state index contributed by atoms with van der Waals surface area (Å²) >= 11 is 1.77. The van der Waals surface area contributed by atoms with Crippen LogP contribution in [0.5, 0.6) is 0 Å². The molecule has 3 N–H and O–H groups in total. The third-order valence-corrected chi connectivity index (χ3v) is 8.30. The van der Waals surface area contributed by atoms with E-state index in [1.54, 1.807) is 35.7 Å². The van der Waals surface area contributed by atoms with Crippen molar-refractivity contribution in [3.63, 3.8) is 0 Å². The van der Waals surface area contributed by atoms with Gasteiger partial charge in [0.05, 0.1) is 4.90 Å². The van der Waals surface area contributed by atoms with Crippen LogP contribution >= 0.6 is 11.3 Å². The van der Waals surface area contributed by atoms with E-state index in [0.717, 1.165) is 48.7 Å². The molecule has 0 amide bonds. The summed E-state index contributed by atoms with van der Waals surface area (Å²) in [4.78, 5) is 10.8. The predicted octanol–water partition coefficient (Wildman–Crippen LogP) is 5.44. The van der Waals surface area contributed by atoms with Gasteiger partial charge in [0.25, 0.3) is 0 Å². The normalized spacial score (nSPS) is 15.5. The quantitative estimate of drug-likeness (QED) is 0.272. The SMILES string of the molecule is O=S(c1ccc(Nc2nccc(Nc3ccc(F)cc3)n2)cc1)N1CCC(NCc2cccs2)CC1. The lowest BCUT2D eigenvalue weighted by atomic mass is 10.1. The van der Waals surface area contributed by atoms with E-state index in [2.05, 4.69) is 43.4 Å². The van der Waals surface area contributed by atoms with Crippen molar-refractivity contribution in [1.82, 2.24) is 19.6 Å². The Kier molecular flexibility index (Phi) is 7.97. The van der Waals surface area contributed by atoms with E-state index in [4.69, 9.17) is 0 Å². The average Bonchev–Trinajstić information content (AvgIpc) is 3.43. The number of hydrogen-bond donors (Lipinski definition) is 3. The van der Waals surface area contributed by atoms with E-state index in [1.807, 2.05) is 28.6 Å². The Morgan fingerprint density at radius 1 is 0.972 bits per heavy atom. The summed E-state index contributed by atoms with van der Waals surface area (Å²) in [6.07, 6.45) is 3.61. The van der Waals surface area contributed by atoms with Crippen LogP contribution in [0.2, 0.25) is 0 Å². The molecule has 0 saturated carbocycles. The summed E-state index contributed by atoms with van der Waals surface area (Å²) < 4.78 is 28.3. The standard InChI is InChI=1S/C26H27FN6OS2/c27-19-3-5-21(6-4-19)30-25-11-14-28-26(32-25)31-22-7-9-24(10-8-22)36(34)33-15-12-20(13-16-33)29-18-23-2-1-17-35-23/h1-11,14,17,20,29H,12-13,15-16,18H2,(H2,28,30,31,32). The zero-order valence-electron chi connectivity index (χ0n) is 19.6. The number of hydrogen-bond acceptors (Lipinski definition) is 7. The van der Waals surface area contributed by atoms with Gasteiger partial charge in [-0.3, -0.25) is 0 Å². The van der Waals surface area contributed by atoms with Gasteiger partial charge in [0.1, 0.15) is 22.6 Å². The zero-order chi connectivity index (χ0) is 24.7. The van der Waals surface area contributed by atoms with Gasteiger partial charge in [0, 0.05) is 48.1 Å². The van der Waals surface area contributed by atoms with Crippen molar-refractivity contribution in [2.75, 3.05) is 23.7 Å². The molecule has 2 aromatic carbocycles. The minimum atomic E-state index is -1.19. The van der Waals surface area contributed by atoms with E-state index < -0.39 is 11.0 Å². The van der Waals surface area contributed by atoms with Gasteiger partial charge in [-0.15, -0.1) is 11.3 Å². The highest BCUT2D eigenvalue weighted by atomic mass is 32.2. The maximum Gasteiger partial charge on any atom is 0.229 e. The van der Waals surface area contributed by atoms with Crippen molar-refractivity contribution >= 4 is 45.5 Å². The van der Waals surface area contributed by atoms with Crippen LogP contribution < -0.4 is 16.0 Å². The van der Waals surface area contributed by atoms with Crippen molar-refractivity contribution < 1.29 is 8.60 Å². The molecular formula is C26H27FN6OS2. The van der Waals surface area contributed by atoms with Crippen LogP contribution in [0.3, 0.4) is 0 Å². The third kappa shape index (κ3) is 6.52. The molecule has 36 heavy (non-hydrogen) atoms. The van der Waals surface area contributed by atoms with Crippen LogP contribution in [0, 0.1) is 5.82 Å². The first kappa shape index (κ1) is 24.5. The summed E-state index contributed by atoms with van der Waals surface area (Å²) in [7, 11) is -1.19. The van der Waals surface area contributed by atoms with E-state index in [0.29, 0.717) is 17.8 Å². The number of thiophene rings is 1. The van der Waals surface area contributed by atoms with Gasteiger partial charge in [0.15, 0.2) is 0 Å². The Bertz CT molecular complexity index is 1280. The molecule has 0 aliphatic carbocycles. The average molecular weight is 523 g/mol. The number of halogens is 1. The van der Waals surface area contributed by atoms with E-state index in [1.165, 1.54) is 17.0 Å². The molecule has 186 valence electrons. The van der Waals surface area contributed by atoms with Crippen LogP contribution in [-0.2, 0) is 17.5 Å². The second-order valence-corrected chi connectivity index (χ2v) is 11.0. The lowest BCUT2D eigenvalue weighted by Gasteiger charge is -2.31. The molecule has 1 aliphatic rings. The van der Waals surface area contributed by atoms with Crippen LogP contribution in [0.25, 0.3) is 0 Å². The second kappa shape index (κ2) is 11.7. The molecule has 0 radical (unpaired) electrons. The molecule has 2 aromatic heterocycles. The fraction of sp³-hybridized carbons (Fsp3) is 0.231. The maximum absolute atomic E-state index is 13.1. The summed E-state index contributed by atoms with van der Waals surface area (Å²) in [5.74, 6) is 0.722. The number of aromatic nitrogens is 2. The molecule has 1 aliphatic heterocycles. The fourth-order valence-electron chi connectivity index (χ4n) is 3.99. The Morgan fingerprint density at radius 2 is 1.69 bits per heavy atom. The van der Waals surface area contributed by atoms with Gasteiger partial charge >= 0.3 is 0 Å². The lowest BCUT2D eigenvalue weighted by molar-refractivity contribution is 0.299. The highest BCUT2D eigenvalue weighted by Crippen LogP contribution is 2.22. The lowest BCUT2D eigenvalue weighted by Crippen LogP contribution is -2.42. The van der Waals surface area contributed by atoms with Crippen molar-refractivity contribution in [1.29, 1.82) is 0 Å². The first-order chi connectivity index (χ1) is 17.6. The summed E-state index contributed by atoms with van der Waals surface area (Å²) in [5, 5.41) is 12.0. The number of rotatable bonds is 9. The van der Waals surface area contributed by atoms with E-state index in [-0.39, 0.29) is 5.82 Å². The molecule has 0 bridgehead atoms. The Morgan fingerprint density at radius 3 is 2.42 bits per heavy atom. The van der Waals surface area contributed by atoms with Crippen LogP contribution in [0.4, 0.5) is 27.5 Å². The van der Waals surface area contributed by atoms with Gasteiger partial charge in [-0.05, 0) is 78.9 Å². The fourth-order valence-corrected chi connectivity index (χ4v) is 5.85. The molecule has 1 fully saturated rings. The van der Waals surface area contributed by atoms with Gasteiger partial charge in [-0.1, -0.05) is 6.07 Å². The number of benzene rings is 2. The van der Waals surface area contributed by atoms with Crippen molar-refractivity contribution in [2.24, 2.45) is 0 Å². The number of anilines is 4. The van der Waals surface area contributed by atoms with Gasteiger partial charge in [-0.25, -0.2) is 17.9 Å². The summed E-state index contributed by atoms with van der Waals surface area (Å²) in [6, 6.07) is 20.0. The van der Waals surface area contributed by atoms with Crippen LogP contribution in [0.1, 0.15) is 17.7 Å². The zero-order valence-corrected chi connectivity index (χ0v) is 21.2. The second-order valence-electron chi connectivity index (χ2n) is 8.46.